The summed E-state index contributed by atoms with van der Waals surface area (Å²) in [6.07, 6.45) is -3.22. The molecule has 2 saturated heterocycles. The number of nitrogens with one attached hydrogen (secondary N) is 1. The number of H-pyrrole nitrogens is 1. The Labute approximate surface area is 141 Å². The second-order valence-corrected chi connectivity index (χ2v) is 6.51. The molecule has 0 bridgehead atoms. The quantitative estimate of drug-likeness (QED) is 0.893. The molecule has 0 spiro atoms. The molecule has 2 aromatic heterocycles. The van der Waals surface area contributed by atoms with Gasteiger partial charge in [0.1, 0.15) is 11.5 Å². The maximum Gasteiger partial charge on any atom is 0.433 e. The fraction of sp³-hybridized carbons (Fsp3) is 0.438. The Hall–Kier alpha value is -2.58. The van der Waals surface area contributed by atoms with Crippen molar-refractivity contribution in [2.45, 2.75) is 6.18 Å². The first kappa shape index (κ1) is 15.9. The van der Waals surface area contributed by atoms with Crippen LogP contribution in [0.4, 0.5) is 24.7 Å². The van der Waals surface area contributed by atoms with E-state index in [-0.39, 0.29) is 5.56 Å². The van der Waals surface area contributed by atoms with Crippen LogP contribution in [0.2, 0.25) is 0 Å². The Morgan fingerprint density at radius 1 is 1.04 bits per heavy atom. The van der Waals surface area contributed by atoms with Crippen molar-refractivity contribution >= 4 is 11.5 Å². The van der Waals surface area contributed by atoms with Crippen LogP contribution in [-0.4, -0.2) is 41.4 Å². The van der Waals surface area contributed by atoms with Gasteiger partial charge in [0.2, 0.25) is 0 Å². The van der Waals surface area contributed by atoms with Gasteiger partial charge in [0.15, 0.2) is 0 Å². The molecule has 6 nitrogen and oxygen atoms in total. The number of anilines is 2. The van der Waals surface area contributed by atoms with Crippen molar-refractivity contribution in [3.8, 4) is 0 Å². The summed E-state index contributed by atoms with van der Waals surface area (Å²) in [5, 5.41) is 6.47. The lowest BCUT2D eigenvalue weighted by molar-refractivity contribution is -0.141. The Balaban J connectivity index is 1.46. The molecule has 2 aromatic rings. The van der Waals surface area contributed by atoms with Crippen molar-refractivity contribution in [3.63, 3.8) is 0 Å². The summed E-state index contributed by atoms with van der Waals surface area (Å²) >= 11 is 0. The maximum atomic E-state index is 12.8. The van der Waals surface area contributed by atoms with Gasteiger partial charge in [0.05, 0.1) is 0 Å². The minimum atomic E-state index is -4.43. The number of hydrogen-bond donors (Lipinski definition) is 1. The van der Waals surface area contributed by atoms with Crippen LogP contribution in [-0.2, 0) is 6.18 Å². The number of nitrogens with zero attached hydrogens (tertiary/aromatic N) is 4. The van der Waals surface area contributed by atoms with Gasteiger partial charge < -0.3 is 9.80 Å². The molecule has 4 heterocycles. The zero-order valence-electron chi connectivity index (χ0n) is 13.2. The smallest absolute Gasteiger partial charge is 0.371 e. The van der Waals surface area contributed by atoms with Crippen LogP contribution in [0, 0.1) is 11.8 Å². The van der Waals surface area contributed by atoms with Gasteiger partial charge >= 0.3 is 6.18 Å². The first-order valence-corrected chi connectivity index (χ1v) is 7.99. The molecule has 0 aliphatic carbocycles. The highest BCUT2D eigenvalue weighted by Crippen LogP contribution is 2.36. The van der Waals surface area contributed by atoms with Crippen molar-refractivity contribution in [1.82, 2.24) is 15.2 Å². The van der Waals surface area contributed by atoms with E-state index in [0.29, 0.717) is 30.6 Å². The van der Waals surface area contributed by atoms with E-state index in [1.807, 2.05) is 4.90 Å². The molecule has 2 unspecified atom stereocenters. The average molecular weight is 351 g/mol. The molecule has 0 amide bonds. The topological polar surface area (TPSA) is 65.1 Å². The van der Waals surface area contributed by atoms with Crippen LogP contribution in [0.1, 0.15) is 5.69 Å². The van der Waals surface area contributed by atoms with E-state index in [9.17, 15) is 18.0 Å². The number of pyridine rings is 1. The van der Waals surface area contributed by atoms with Crippen LogP contribution in [0.3, 0.4) is 0 Å². The number of aromatic nitrogens is 3. The molecule has 0 radical (unpaired) electrons. The molecule has 0 saturated carbocycles. The van der Waals surface area contributed by atoms with Gasteiger partial charge in [-0.3, -0.25) is 9.78 Å². The zero-order valence-corrected chi connectivity index (χ0v) is 13.2. The molecule has 2 aliphatic rings. The van der Waals surface area contributed by atoms with Crippen molar-refractivity contribution in [2.75, 3.05) is 36.0 Å². The number of aromatic amines is 1. The normalized spacial score (nSPS) is 23.2. The number of alkyl halides is 3. The largest absolute Gasteiger partial charge is 0.433 e. The second-order valence-electron chi connectivity index (χ2n) is 6.51. The predicted molar refractivity (Wildman–Crippen MR) is 85.5 cm³/mol. The minimum Gasteiger partial charge on any atom is -0.371 e. The van der Waals surface area contributed by atoms with Crippen molar-refractivity contribution < 1.29 is 13.2 Å². The number of hydrogen-bond acceptors (Lipinski definition) is 5. The predicted octanol–water partition coefficient (Wildman–Crippen LogP) is 1.76. The summed E-state index contributed by atoms with van der Waals surface area (Å²) in [4.78, 5) is 18.6. The van der Waals surface area contributed by atoms with E-state index >= 15 is 0 Å². The van der Waals surface area contributed by atoms with E-state index in [1.54, 1.807) is 12.1 Å². The van der Waals surface area contributed by atoms with Crippen molar-refractivity contribution in [3.05, 3.63) is 46.5 Å². The van der Waals surface area contributed by atoms with Gasteiger partial charge in [-0.1, -0.05) is 0 Å². The lowest BCUT2D eigenvalue weighted by atomic mass is 10.0. The Kier molecular flexibility index (Phi) is 3.66. The van der Waals surface area contributed by atoms with E-state index in [4.69, 9.17) is 0 Å². The average Bonchev–Trinajstić information content (AvgIpc) is 3.14. The molecule has 1 N–H and O–H groups in total. The van der Waals surface area contributed by atoms with Crippen molar-refractivity contribution in [2.24, 2.45) is 11.8 Å². The minimum absolute atomic E-state index is 0.243. The third kappa shape index (κ3) is 3.06. The molecule has 0 aromatic carbocycles. The molecule has 2 aliphatic heterocycles. The van der Waals surface area contributed by atoms with E-state index in [2.05, 4.69) is 20.1 Å². The Bertz CT molecular complexity index is 803. The standard InChI is InChI=1S/C16H16F3N5O/c17-16(18,19)13-5-12(3-4-20-13)23-6-10-8-24(9-11(10)7-23)14-1-2-15(25)22-21-14/h1-5,10-11H,6-9H2,(H,22,25). The van der Waals surface area contributed by atoms with Gasteiger partial charge in [-0.2, -0.15) is 18.3 Å². The molecular weight excluding hydrogens is 335 g/mol. The van der Waals surface area contributed by atoms with Gasteiger partial charge in [-0.25, -0.2) is 5.10 Å². The molecule has 132 valence electrons. The van der Waals surface area contributed by atoms with Gasteiger partial charge in [0.25, 0.3) is 5.56 Å². The van der Waals surface area contributed by atoms with Crippen LogP contribution >= 0.6 is 0 Å². The first-order chi connectivity index (χ1) is 11.9. The van der Waals surface area contributed by atoms with Gasteiger partial charge in [-0.15, -0.1) is 0 Å². The summed E-state index contributed by atoms with van der Waals surface area (Å²) in [6.45, 7) is 2.95. The van der Waals surface area contributed by atoms with Crippen LogP contribution in [0.5, 0.6) is 0 Å². The fourth-order valence-electron chi connectivity index (χ4n) is 3.68. The summed E-state index contributed by atoms with van der Waals surface area (Å²) in [5.41, 5.74) is -0.543. The molecule has 2 fully saturated rings. The summed E-state index contributed by atoms with van der Waals surface area (Å²) < 4.78 is 38.5. The molecule has 2 atom stereocenters. The maximum absolute atomic E-state index is 12.8. The van der Waals surface area contributed by atoms with Crippen LogP contribution in [0.25, 0.3) is 0 Å². The zero-order chi connectivity index (χ0) is 17.6. The third-order valence-corrected chi connectivity index (χ3v) is 4.87. The molecular formula is C16H16F3N5O. The Morgan fingerprint density at radius 3 is 2.32 bits per heavy atom. The number of fused-ring (bicyclic) bond motifs is 1. The van der Waals surface area contributed by atoms with Crippen LogP contribution in [0.15, 0.2) is 35.3 Å². The summed E-state index contributed by atoms with van der Waals surface area (Å²) in [6, 6.07) is 5.87. The SMILES string of the molecule is O=c1ccc(N2CC3CN(c4ccnc(C(F)(F)F)c4)CC3C2)n[nH]1. The first-order valence-electron chi connectivity index (χ1n) is 7.99. The lowest BCUT2D eigenvalue weighted by Gasteiger charge is -2.24. The molecule has 4 rings (SSSR count). The van der Waals surface area contributed by atoms with Crippen molar-refractivity contribution in [1.29, 1.82) is 0 Å². The van der Waals surface area contributed by atoms with Gasteiger partial charge in [-0.05, 0) is 18.2 Å². The monoisotopic (exact) mass is 351 g/mol. The highest BCUT2D eigenvalue weighted by molar-refractivity contribution is 5.50. The van der Waals surface area contributed by atoms with Gasteiger partial charge in [0, 0.05) is 56.0 Å². The third-order valence-electron chi connectivity index (χ3n) is 4.87. The van der Waals surface area contributed by atoms with E-state index in [0.717, 1.165) is 25.0 Å². The lowest BCUT2D eigenvalue weighted by Crippen LogP contribution is -2.30. The number of halogens is 3. The summed E-state index contributed by atoms with van der Waals surface area (Å²) in [5.74, 6) is 1.44. The second kappa shape index (κ2) is 5.75. The number of rotatable bonds is 2. The highest BCUT2D eigenvalue weighted by atomic mass is 19.4. The highest BCUT2D eigenvalue weighted by Gasteiger charge is 2.41. The Morgan fingerprint density at radius 2 is 1.72 bits per heavy atom. The van der Waals surface area contributed by atoms with E-state index in [1.165, 1.54) is 12.3 Å². The van der Waals surface area contributed by atoms with E-state index < -0.39 is 11.9 Å². The fourth-order valence-corrected chi connectivity index (χ4v) is 3.68. The molecule has 25 heavy (non-hydrogen) atoms. The molecule has 9 heteroatoms. The summed E-state index contributed by atoms with van der Waals surface area (Å²) in [7, 11) is 0. The van der Waals surface area contributed by atoms with Crippen LogP contribution < -0.4 is 15.4 Å².